The van der Waals surface area contributed by atoms with Gasteiger partial charge >= 0.3 is 0 Å². The number of H-pyrrole nitrogens is 1. The Morgan fingerprint density at radius 1 is 1.19 bits per heavy atom. The van der Waals surface area contributed by atoms with E-state index in [4.69, 9.17) is 0 Å². The van der Waals surface area contributed by atoms with Crippen LogP contribution < -0.4 is 10.7 Å². The topological polar surface area (TPSA) is 133 Å². The lowest BCUT2D eigenvalue weighted by atomic mass is 10.0. The van der Waals surface area contributed by atoms with Gasteiger partial charge in [-0.15, -0.1) is 0 Å². The van der Waals surface area contributed by atoms with E-state index in [9.17, 15) is 19.5 Å². The number of rotatable bonds is 6. The lowest BCUT2D eigenvalue weighted by Gasteiger charge is -2.34. The highest BCUT2D eigenvalue weighted by Crippen LogP contribution is 2.23. The number of carbonyl (C=O) groups is 2. The molecule has 3 N–H and O–H groups in total. The van der Waals surface area contributed by atoms with E-state index >= 15 is 0 Å². The van der Waals surface area contributed by atoms with Gasteiger partial charge < -0.3 is 19.9 Å². The third-order valence-corrected chi connectivity index (χ3v) is 6.47. The molecule has 10 nitrogen and oxygen atoms in total. The molecule has 5 rings (SSSR count). The Morgan fingerprint density at radius 3 is 2.83 bits per heavy atom. The molecule has 1 aliphatic heterocycles. The average molecular weight is 487 g/mol. The highest BCUT2D eigenvalue weighted by atomic mass is 16.3. The third-order valence-electron chi connectivity index (χ3n) is 6.47. The first-order valence-corrected chi connectivity index (χ1v) is 11.7. The highest BCUT2D eigenvalue weighted by Gasteiger charge is 2.31. The zero-order valence-electron chi connectivity index (χ0n) is 20.0. The molecule has 10 heteroatoms. The first-order valence-electron chi connectivity index (χ1n) is 11.7. The van der Waals surface area contributed by atoms with Crippen molar-refractivity contribution in [2.45, 2.75) is 39.4 Å². The normalized spacial score (nSPS) is 13.3. The number of nitrogens with one attached hydrogen (secondary N) is 2. The number of aromatic hydroxyl groups is 1. The molecule has 1 aromatic carbocycles. The predicted molar refractivity (Wildman–Crippen MR) is 133 cm³/mol. The fourth-order valence-electron chi connectivity index (χ4n) is 4.60. The van der Waals surface area contributed by atoms with Gasteiger partial charge in [-0.1, -0.05) is 12.1 Å². The fourth-order valence-corrected chi connectivity index (χ4v) is 4.60. The van der Waals surface area contributed by atoms with Crippen molar-refractivity contribution in [2.75, 3.05) is 6.54 Å². The summed E-state index contributed by atoms with van der Waals surface area (Å²) in [6, 6.07) is 10.3. The van der Waals surface area contributed by atoms with Crippen molar-refractivity contribution in [3.8, 4) is 5.75 Å². The van der Waals surface area contributed by atoms with Gasteiger partial charge in [0.25, 0.3) is 11.8 Å². The molecule has 0 unspecified atom stereocenters. The molecule has 0 radical (unpaired) electrons. The number of hydrogen-bond acceptors (Lipinski definition) is 6. The van der Waals surface area contributed by atoms with Crippen molar-refractivity contribution in [2.24, 2.45) is 0 Å². The summed E-state index contributed by atoms with van der Waals surface area (Å²) in [5, 5.41) is 21.1. The highest BCUT2D eigenvalue weighted by molar-refractivity contribution is 5.96. The minimum atomic E-state index is -0.646. The summed E-state index contributed by atoms with van der Waals surface area (Å²) in [4.78, 5) is 44.3. The number of pyridine rings is 2. The van der Waals surface area contributed by atoms with Crippen LogP contribution in [0.4, 0.5) is 0 Å². The molecule has 0 atom stereocenters. The fraction of sp³-hybridized carbons (Fsp3) is 0.269. The maximum atomic E-state index is 13.0. The van der Waals surface area contributed by atoms with Crippen LogP contribution in [0.3, 0.4) is 0 Å². The molecule has 0 saturated heterocycles. The Hall–Kier alpha value is -4.47. The van der Waals surface area contributed by atoms with Crippen molar-refractivity contribution < 1.29 is 14.7 Å². The number of aromatic amines is 1. The molecular formula is C26H26N6O4. The standard InChI is InChI=1S/C26H26N6O4/c1-15(2)31-8-9-32-18(12-22(33)24(34)23(32)26(31)36)13-28-25(35)17-5-3-4-16(10-17)11-21-19-14-29-30-20(19)6-7-27-21/h3-7,10,12,14-15,34H,8-9,11,13H2,1-2H3,(H,28,35)(H,29,30). The smallest absolute Gasteiger partial charge is 0.274 e. The number of fused-ring (bicyclic) bond motifs is 2. The zero-order valence-corrected chi connectivity index (χ0v) is 20.0. The maximum Gasteiger partial charge on any atom is 0.274 e. The Kier molecular flexibility index (Phi) is 6.01. The van der Waals surface area contributed by atoms with Crippen LogP contribution in [0.1, 0.15) is 51.6 Å². The number of hydrogen-bond donors (Lipinski definition) is 3. The third kappa shape index (κ3) is 4.21. The molecule has 2 amide bonds. The second-order valence-electron chi connectivity index (χ2n) is 9.09. The van der Waals surface area contributed by atoms with Gasteiger partial charge in [-0.05, 0) is 37.6 Å². The van der Waals surface area contributed by atoms with Gasteiger partial charge in [0.1, 0.15) is 0 Å². The van der Waals surface area contributed by atoms with Gasteiger partial charge in [0.05, 0.1) is 24.0 Å². The first-order chi connectivity index (χ1) is 17.3. The van der Waals surface area contributed by atoms with Crippen LogP contribution in [0.15, 0.2) is 53.6 Å². The van der Waals surface area contributed by atoms with Gasteiger partial charge in [0.2, 0.25) is 5.43 Å². The van der Waals surface area contributed by atoms with E-state index in [-0.39, 0.29) is 24.2 Å². The summed E-state index contributed by atoms with van der Waals surface area (Å²) in [6.45, 7) is 4.67. The van der Waals surface area contributed by atoms with E-state index in [1.165, 1.54) is 6.07 Å². The molecule has 0 bridgehead atoms. The van der Waals surface area contributed by atoms with Crippen molar-refractivity contribution in [1.29, 1.82) is 0 Å². The molecule has 36 heavy (non-hydrogen) atoms. The minimum Gasteiger partial charge on any atom is -0.503 e. The largest absolute Gasteiger partial charge is 0.503 e. The van der Waals surface area contributed by atoms with Gasteiger partial charge in [0, 0.05) is 54.5 Å². The number of benzene rings is 1. The van der Waals surface area contributed by atoms with Crippen LogP contribution in [0, 0.1) is 0 Å². The van der Waals surface area contributed by atoms with Crippen LogP contribution >= 0.6 is 0 Å². The second kappa shape index (κ2) is 9.29. The van der Waals surface area contributed by atoms with Crippen LogP contribution in [0.5, 0.6) is 5.75 Å². The minimum absolute atomic E-state index is 0.0328. The Balaban J connectivity index is 1.35. The Labute approximate surface area is 206 Å². The van der Waals surface area contributed by atoms with Crippen LogP contribution in [-0.2, 0) is 19.5 Å². The summed E-state index contributed by atoms with van der Waals surface area (Å²) < 4.78 is 1.62. The van der Waals surface area contributed by atoms with E-state index in [0.29, 0.717) is 30.8 Å². The quantitative estimate of drug-likeness (QED) is 0.383. The predicted octanol–water partition coefficient (Wildman–Crippen LogP) is 2.21. The van der Waals surface area contributed by atoms with Gasteiger partial charge in [-0.2, -0.15) is 5.10 Å². The lowest BCUT2D eigenvalue weighted by molar-refractivity contribution is 0.0639. The SMILES string of the molecule is CC(C)N1CCn2c(CNC(=O)c3cccc(Cc4nccc5[nH]ncc45)c3)cc(=O)c(O)c2C1=O. The summed E-state index contributed by atoms with van der Waals surface area (Å²) in [7, 11) is 0. The molecular weight excluding hydrogens is 460 g/mol. The van der Waals surface area contributed by atoms with Gasteiger partial charge in [0.15, 0.2) is 11.4 Å². The maximum absolute atomic E-state index is 13.0. The molecule has 4 heterocycles. The molecule has 184 valence electrons. The van der Waals surface area contributed by atoms with E-state index in [0.717, 1.165) is 22.2 Å². The summed E-state index contributed by atoms with van der Waals surface area (Å²) in [5.41, 5.74) is 2.92. The average Bonchev–Trinajstić information content (AvgIpc) is 3.35. The molecule has 4 aromatic rings. The number of aromatic nitrogens is 4. The molecule has 3 aromatic heterocycles. The van der Waals surface area contributed by atoms with Crippen molar-refractivity contribution in [3.05, 3.63) is 87.2 Å². The molecule has 0 saturated carbocycles. The van der Waals surface area contributed by atoms with Crippen LogP contribution in [0.25, 0.3) is 10.9 Å². The first kappa shape index (κ1) is 23.3. The summed E-state index contributed by atoms with van der Waals surface area (Å²) in [5.74, 6) is -1.27. The number of amides is 2. The Morgan fingerprint density at radius 2 is 2.03 bits per heavy atom. The van der Waals surface area contributed by atoms with E-state index in [1.807, 2.05) is 32.0 Å². The van der Waals surface area contributed by atoms with Crippen molar-refractivity contribution in [1.82, 2.24) is 30.0 Å². The number of nitrogens with zero attached hydrogens (tertiary/aromatic N) is 4. The summed E-state index contributed by atoms with van der Waals surface area (Å²) >= 11 is 0. The van der Waals surface area contributed by atoms with Crippen molar-refractivity contribution in [3.63, 3.8) is 0 Å². The number of carbonyl (C=O) groups excluding carboxylic acids is 2. The van der Waals surface area contributed by atoms with Crippen LogP contribution in [0.2, 0.25) is 0 Å². The van der Waals surface area contributed by atoms with E-state index < -0.39 is 17.1 Å². The lowest BCUT2D eigenvalue weighted by Crippen LogP contribution is -2.46. The van der Waals surface area contributed by atoms with E-state index in [2.05, 4.69) is 20.5 Å². The summed E-state index contributed by atoms with van der Waals surface area (Å²) in [6.07, 6.45) is 3.99. The van der Waals surface area contributed by atoms with Crippen LogP contribution in [-0.4, -0.2) is 54.2 Å². The Bertz CT molecular complexity index is 1540. The molecule has 0 spiro atoms. The molecule has 0 aliphatic carbocycles. The van der Waals surface area contributed by atoms with Gasteiger partial charge in [-0.3, -0.25) is 24.5 Å². The van der Waals surface area contributed by atoms with E-state index in [1.54, 1.807) is 34.0 Å². The van der Waals surface area contributed by atoms with Crippen molar-refractivity contribution >= 4 is 22.7 Å². The molecule has 1 aliphatic rings. The monoisotopic (exact) mass is 486 g/mol. The molecule has 0 fully saturated rings. The second-order valence-corrected chi connectivity index (χ2v) is 9.09. The van der Waals surface area contributed by atoms with Gasteiger partial charge in [-0.25, -0.2) is 0 Å². The zero-order chi connectivity index (χ0) is 25.4.